The van der Waals surface area contributed by atoms with Crippen LogP contribution in [0.15, 0.2) is 29.6 Å². The van der Waals surface area contributed by atoms with Crippen LogP contribution in [0.1, 0.15) is 29.3 Å². The van der Waals surface area contributed by atoms with E-state index in [-0.39, 0.29) is 18.7 Å². The highest BCUT2D eigenvalue weighted by atomic mass is 35.5. The summed E-state index contributed by atoms with van der Waals surface area (Å²) in [5, 5.41) is 14.4. The highest BCUT2D eigenvalue weighted by molar-refractivity contribution is 7.10. The van der Waals surface area contributed by atoms with Gasteiger partial charge in [0, 0.05) is 28.3 Å². The molecule has 8 heteroatoms. The summed E-state index contributed by atoms with van der Waals surface area (Å²) in [7, 11) is 3.01. The van der Waals surface area contributed by atoms with E-state index < -0.39 is 12.0 Å². The third-order valence-corrected chi connectivity index (χ3v) is 5.09. The Morgan fingerprint density at radius 3 is 2.62 bits per heavy atom. The number of carbonyl (C=O) groups is 2. The maximum Gasteiger partial charge on any atom is 0.305 e. The van der Waals surface area contributed by atoms with Crippen molar-refractivity contribution in [2.45, 2.75) is 25.3 Å². The van der Waals surface area contributed by atoms with E-state index in [4.69, 9.17) is 21.1 Å². The van der Waals surface area contributed by atoms with Gasteiger partial charge < -0.3 is 19.9 Å². The lowest BCUT2D eigenvalue weighted by Gasteiger charge is -2.20. The van der Waals surface area contributed by atoms with Crippen LogP contribution in [0.5, 0.6) is 11.5 Å². The van der Waals surface area contributed by atoms with Crippen LogP contribution in [0.2, 0.25) is 5.02 Å². The Morgan fingerprint density at radius 2 is 2.04 bits per heavy atom. The Labute approximate surface area is 160 Å². The van der Waals surface area contributed by atoms with E-state index in [9.17, 15) is 14.7 Å². The molecule has 1 aromatic carbocycles. The minimum Gasteiger partial charge on any atom is -0.497 e. The first-order valence-corrected chi connectivity index (χ1v) is 9.14. The highest BCUT2D eigenvalue weighted by Crippen LogP contribution is 2.31. The molecular formula is C18H20ClNO5S. The zero-order chi connectivity index (χ0) is 19.1. The molecule has 0 aliphatic rings. The average Bonchev–Trinajstić information content (AvgIpc) is 3.03. The Kier molecular flexibility index (Phi) is 7.29. The number of amides is 1. The summed E-state index contributed by atoms with van der Waals surface area (Å²) in [6, 6.07) is 6.18. The van der Waals surface area contributed by atoms with Crippen LogP contribution < -0.4 is 14.8 Å². The highest BCUT2D eigenvalue weighted by Gasteiger charge is 2.22. The van der Waals surface area contributed by atoms with Gasteiger partial charge in [0.25, 0.3) is 0 Å². The Hall–Kier alpha value is -2.25. The number of ether oxygens (including phenoxy) is 2. The number of nitrogens with one attached hydrogen (secondary N) is 1. The van der Waals surface area contributed by atoms with Gasteiger partial charge in [0.05, 0.1) is 31.7 Å². The van der Waals surface area contributed by atoms with Crippen molar-refractivity contribution in [1.29, 1.82) is 0 Å². The molecule has 2 N–H and O–H groups in total. The number of hydrogen-bond donors (Lipinski definition) is 2. The minimum absolute atomic E-state index is 0.237. The van der Waals surface area contributed by atoms with Crippen molar-refractivity contribution in [3.8, 4) is 11.5 Å². The van der Waals surface area contributed by atoms with Crippen molar-refractivity contribution in [3.63, 3.8) is 0 Å². The quantitative estimate of drug-likeness (QED) is 0.674. The van der Waals surface area contributed by atoms with Crippen molar-refractivity contribution in [3.05, 3.63) is 45.1 Å². The SMILES string of the molecule is COc1ccc(C(CC(=O)O)NC(=O)CCc2cc(Cl)cs2)c(OC)c1. The van der Waals surface area contributed by atoms with E-state index in [0.717, 1.165) is 4.88 Å². The first-order valence-electron chi connectivity index (χ1n) is 7.89. The fourth-order valence-electron chi connectivity index (χ4n) is 2.51. The van der Waals surface area contributed by atoms with Crippen LogP contribution in [0.25, 0.3) is 0 Å². The lowest BCUT2D eigenvalue weighted by Crippen LogP contribution is -2.30. The number of carboxylic acid groups (broad SMARTS) is 1. The number of carboxylic acids is 1. The van der Waals surface area contributed by atoms with Crippen molar-refractivity contribution in [1.82, 2.24) is 5.32 Å². The molecule has 1 atom stereocenters. The molecule has 1 aromatic heterocycles. The molecule has 1 amide bonds. The van der Waals surface area contributed by atoms with E-state index in [1.807, 2.05) is 11.4 Å². The van der Waals surface area contributed by atoms with E-state index in [1.54, 1.807) is 18.2 Å². The largest absolute Gasteiger partial charge is 0.497 e. The summed E-state index contributed by atoms with van der Waals surface area (Å²) in [6.45, 7) is 0. The van der Waals surface area contributed by atoms with E-state index in [1.165, 1.54) is 25.6 Å². The number of halogens is 1. The monoisotopic (exact) mass is 397 g/mol. The molecule has 0 spiro atoms. The predicted octanol–water partition coefficient (Wildman–Crippen LogP) is 3.68. The summed E-state index contributed by atoms with van der Waals surface area (Å²) in [5.41, 5.74) is 0.586. The lowest BCUT2D eigenvalue weighted by atomic mass is 10.0. The number of rotatable bonds is 9. The molecule has 6 nitrogen and oxygen atoms in total. The molecular weight excluding hydrogens is 378 g/mol. The van der Waals surface area contributed by atoms with Crippen LogP contribution in [-0.4, -0.2) is 31.2 Å². The molecule has 0 saturated heterocycles. The summed E-state index contributed by atoms with van der Waals surface area (Å²) in [6.07, 6.45) is 0.535. The van der Waals surface area contributed by atoms with E-state index in [0.29, 0.717) is 28.5 Å². The van der Waals surface area contributed by atoms with Crippen molar-refractivity contribution in [2.24, 2.45) is 0 Å². The molecule has 2 aromatic rings. The number of hydrogen-bond acceptors (Lipinski definition) is 5. The molecule has 0 aliphatic carbocycles. The number of thiophene rings is 1. The average molecular weight is 398 g/mol. The summed E-state index contributed by atoms with van der Waals surface area (Å²) in [5.74, 6) is -0.210. The number of aryl methyl sites for hydroxylation is 1. The number of aliphatic carboxylic acids is 1. The van der Waals surface area contributed by atoms with Crippen molar-refractivity contribution < 1.29 is 24.2 Å². The first kappa shape index (κ1) is 20.1. The van der Waals surface area contributed by atoms with Gasteiger partial charge in [-0.05, 0) is 24.6 Å². The van der Waals surface area contributed by atoms with Crippen LogP contribution in [0.3, 0.4) is 0 Å². The van der Waals surface area contributed by atoms with Gasteiger partial charge in [-0.2, -0.15) is 0 Å². The van der Waals surface area contributed by atoms with Gasteiger partial charge in [0.15, 0.2) is 0 Å². The predicted molar refractivity (Wildman–Crippen MR) is 100 cm³/mol. The molecule has 1 heterocycles. The normalized spacial score (nSPS) is 11.7. The van der Waals surface area contributed by atoms with Gasteiger partial charge in [0.2, 0.25) is 5.91 Å². The summed E-state index contributed by atoms with van der Waals surface area (Å²) >= 11 is 7.36. The summed E-state index contributed by atoms with van der Waals surface area (Å²) < 4.78 is 10.5. The van der Waals surface area contributed by atoms with Gasteiger partial charge in [-0.3, -0.25) is 9.59 Å². The topological polar surface area (TPSA) is 84.9 Å². The Morgan fingerprint density at radius 1 is 1.27 bits per heavy atom. The fraction of sp³-hybridized carbons (Fsp3) is 0.333. The van der Waals surface area contributed by atoms with Crippen LogP contribution in [-0.2, 0) is 16.0 Å². The van der Waals surface area contributed by atoms with E-state index in [2.05, 4.69) is 5.32 Å². The van der Waals surface area contributed by atoms with Crippen LogP contribution in [0, 0.1) is 0 Å². The molecule has 0 radical (unpaired) electrons. The standard InChI is InChI=1S/C18H20ClNO5S/c1-24-12-3-5-14(16(8-12)25-2)15(9-18(22)23)20-17(21)6-4-13-7-11(19)10-26-13/h3,5,7-8,10,15H,4,6,9H2,1-2H3,(H,20,21)(H,22,23). The second-order valence-corrected chi connectivity index (χ2v) is 6.99. The van der Waals surface area contributed by atoms with E-state index >= 15 is 0 Å². The Balaban J connectivity index is 2.11. The third-order valence-electron chi connectivity index (χ3n) is 3.75. The number of carbonyl (C=O) groups excluding carboxylic acids is 1. The number of methoxy groups -OCH3 is 2. The van der Waals surface area contributed by atoms with Gasteiger partial charge in [-0.1, -0.05) is 11.6 Å². The number of benzene rings is 1. The van der Waals surface area contributed by atoms with Crippen molar-refractivity contribution >= 4 is 34.8 Å². The smallest absolute Gasteiger partial charge is 0.305 e. The van der Waals surface area contributed by atoms with Gasteiger partial charge >= 0.3 is 5.97 Å². The molecule has 0 bridgehead atoms. The van der Waals surface area contributed by atoms with Gasteiger partial charge in [-0.25, -0.2) is 0 Å². The van der Waals surface area contributed by atoms with Crippen molar-refractivity contribution in [2.75, 3.05) is 14.2 Å². The molecule has 0 aliphatic heterocycles. The zero-order valence-corrected chi connectivity index (χ0v) is 16.0. The maximum atomic E-state index is 12.3. The molecule has 26 heavy (non-hydrogen) atoms. The third kappa shape index (κ3) is 5.64. The maximum absolute atomic E-state index is 12.3. The second kappa shape index (κ2) is 9.45. The summed E-state index contributed by atoms with van der Waals surface area (Å²) in [4.78, 5) is 24.6. The first-order chi connectivity index (χ1) is 12.4. The molecule has 140 valence electrons. The minimum atomic E-state index is -1.02. The second-order valence-electron chi connectivity index (χ2n) is 5.56. The molecule has 2 rings (SSSR count). The molecule has 0 fully saturated rings. The van der Waals surface area contributed by atoms with Gasteiger partial charge in [-0.15, -0.1) is 11.3 Å². The Bertz CT molecular complexity index is 777. The van der Waals surface area contributed by atoms with Crippen LogP contribution in [0.4, 0.5) is 0 Å². The fourth-order valence-corrected chi connectivity index (χ4v) is 3.58. The lowest BCUT2D eigenvalue weighted by molar-refractivity contribution is -0.137. The molecule has 1 unspecified atom stereocenters. The van der Waals surface area contributed by atoms with Crippen LogP contribution >= 0.6 is 22.9 Å². The van der Waals surface area contributed by atoms with Gasteiger partial charge in [0.1, 0.15) is 11.5 Å². The molecule has 0 saturated carbocycles. The zero-order valence-electron chi connectivity index (χ0n) is 14.5.